The van der Waals surface area contributed by atoms with Gasteiger partial charge in [0.05, 0.1) is 11.9 Å². The van der Waals surface area contributed by atoms with Crippen molar-refractivity contribution in [1.29, 1.82) is 0 Å². The van der Waals surface area contributed by atoms with Crippen LogP contribution < -0.4 is 14.2 Å². The van der Waals surface area contributed by atoms with E-state index in [0.29, 0.717) is 18.1 Å². The van der Waals surface area contributed by atoms with E-state index in [9.17, 15) is 4.79 Å². The zero-order chi connectivity index (χ0) is 13.7. The normalized spacial score (nSPS) is 17.1. The second-order valence-corrected chi connectivity index (χ2v) is 4.89. The Morgan fingerprint density at radius 2 is 2.32 bits per heavy atom. The van der Waals surface area contributed by atoms with Gasteiger partial charge in [-0.15, -0.1) is 0 Å². The average Bonchev–Trinajstić information content (AvgIpc) is 2.46. The van der Waals surface area contributed by atoms with E-state index in [4.69, 9.17) is 14.2 Å². The van der Waals surface area contributed by atoms with Crippen LogP contribution in [0, 0.1) is 0 Å². The number of benzene rings is 1. The highest BCUT2D eigenvalue weighted by Crippen LogP contribution is 2.35. The quantitative estimate of drug-likeness (QED) is 0.595. The summed E-state index contributed by atoms with van der Waals surface area (Å²) in [6, 6.07) is 5.42. The van der Waals surface area contributed by atoms with Crippen LogP contribution in [-0.4, -0.2) is 30.4 Å². The molecule has 104 valence electrons. The van der Waals surface area contributed by atoms with Gasteiger partial charge in [-0.25, -0.2) is 0 Å². The van der Waals surface area contributed by atoms with Crippen molar-refractivity contribution in [3.05, 3.63) is 18.2 Å². The first-order valence-corrected chi connectivity index (χ1v) is 7.51. The number of carbonyl (C=O) groups excluding carboxylic acids is 1. The third kappa shape index (κ3) is 3.62. The lowest BCUT2D eigenvalue weighted by Crippen LogP contribution is -2.37. The molecule has 0 spiro atoms. The monoisotopic (exact) mass is 328 g/mol. The molecular weight excluding hydrogens is 312 g/mol. The third-order valence-corrected chi connectivity index (χ3v) is 3.38. The average molecular weight is 329 g/mol. The van der Waals surface area contributed by atoms with Crippen molar-refractivity contribution >= 4 is 21.7 Å². The Morgan fingerprint density at radius 3 is 3.05 bits per heavy atom. The number of rotatable bonds is 6. The number of unbranched alkanes of at least 4 members (excludes halogenated alkanes) is 1. The van der Waals surface area contributed by atoms with Crippen molar-refractivity contribution in [3.8, 4) is 17.2 Å². The van der Waals surface area contributed by atoms with Crippen LogP contribution in [0.25, 0.3) is 0 Å². The van der Waals surface area contributed by atoms with E-state index < -0.39 is 6.10 Å². The zero-order valence-electron chi connectivity index (χ0n) is 10.9. The smallest absolute Gasteiger partial charge is 0.191 e. The molecule has 0 saturated heterocycles. The van der Waals surface area contributed by atoms with Gasteiger partial charge in [-0.1, -0.05) is 29.3 Å². The molecule has 1 unspecified atom stereocenters. The van der Waals surface area contributed by atoms with Crippen LogP contribution in [0.15, 0.2) is 18.2 Å². The van der Waals surface area contributed by atoms with Crippen LogP contribution in [0.2, 0.25) is 0 Å². The minimum atomic E-state index is -0.529. The van der Waals surface area contributed by atoms with Gasteiger partial charge in [-0.2, -0.15) is 0 Å². The van der Waals surface area contributed by atoms with Crippen molar-refractivity contribution < 1.29 is 19.0 Å². The summed E-state index contributed by atoms with van der Waals surface area (Å²) in [7, 11) is 0. The Kier molecular flexibility index (Phi) is 5.07. The van der Waals surface area contributed by atoms with E-state index in [1.54, 1.807) is 12.1 Å². The summed E-state index contributed by atoms with van der Waals surface area (Å²) < 4.78 is 16.8. The molecule has 1 aliphatic heterocycles. The minimum absolute atomic E-state index is 0.0195. The standard InChI is InChI=1S/C14H17BrO4/c1-2-3-6-17-10-4-5-12-13(7-10)18-9-14(19-12)11(16)8-15/h4-5,7,14H,2-3,6,8-9H2,1H3. The predicted molar refractivity (Wildman–Crippen MR) is 75.6 cm³/mol. The molecule has 0 aliphatic carbocycles. The number of ketones is 1. The summed E-state index contributed by atoms with van der Waals surface area (Å²) in [5.41, 5.74) is 0. The summed E-state index contributed by atoms with van der Waals surface area (Å²) in [4.78, 5) is 11.5. The minimum Gasteiger partial charge on any atom is -0.493 e. The molecular formula is C14H17BrO4. The van der Waals surface area contributed by atoms with Gasteiger partial charge in [0.15, 0.2) is 23.4 Å². The largest absolute Gasteiger partial charge is 0.493 e. The van der Waals surface area contributed by atoms with Crippen LogP contribution in [0.3, 0.4) is 0 Å². The molecule has 1 aliphatic rings. The molecule has 0 fully saturated rings. The Hall–Kier alpha value is -1.23. The van der Waals surface area contributed by atoms with Gasteiger partial charge < -0.3 is 14.2 Å². The Bertz CT molecular complexity index is 447. The number of hydrogen-bond donors (Lipinski definition) is 0. The lowest BCUT2D eigenvalue weighted by molar-refractivity contribution is -0.125. The fraction of sp³-hybridized carbons (Fsp3) is 0.500. The topological polar surface area (TPSA) is 44.8 Å². The van der Waals surface area contributed by atoms with E-state index in [1.807, 2.05) is 6.07 Å². The van der Waals surface area contributed by atoms with Gasteiger partial charge >= 0.3 is 0 Å². The number of Topliss-reactive ketones (excluding diaryl/α,β-unsaturated/α-hetero) is 1. The van der Waals surface area contributed by atoms with Crippen molar-refractivity contribution in [3.63, 3.8) is 0 Å². The zero-order valence-corrected chi connectivity index (χ0v) is 12.4. The van der Waals surface area contributed by atoms with Crippen LogP contribution >= 0.6 is 15.9 Å². The maximum absolute atomic E-state index is 11.5. The second kappa shape index (κ2) is 6.80. The second-order valence-electron chi connectivity index (χ2n) is 4.33. The molecule has 1 atom stereocenters. The van der Waals surface area contributed by atoms with Crippen molar-refractivity contribution in [2.75, 3.05) is 18.5 Å². The molecule has 0 radical (unpaired) electrons. The molecule has 1 aromatic rings. The number of fused-ring (bicyclic) bond motifs is 1. The van der Waals surface area contributed by atoms with Gasteiger partial charge in [-0.05, 0) is 18.6 Å². The Balaban J connectivity index is 2.01. The van der Waals surface area contributed by atoms with Gasteiger partial charge in [0, 0.05) is 6.07 Å². The molecule has 5 heteroatoms. The highest BCUT2D eigenvalue weighted by atomic mass is 79.9. The van der Waals surface area contributed by atoms with E-state index in [-0.39, 0.29) is 17.7 Å². The van der Waals surface area contributed by atoms with Crippen LogP contribution in [0.5, 0.6) is 17.2 Å². The van der Waals surface area contributed by atoms with Gasteiger partial charge in [0.25, 0.3) is 0 Å². The van der Waals surface area contributed by atoms with Crippen molar-refractivity contribution in [2.45, 2.75) is 25.9 Å². The fourth-order valence-electron chi connectivity index (χ4n) is 1.72. The summed E-state index contributed by atoms with van der Waals surface area (Å²) >= 11 is 3.13. The van der Waals surface area contributed by atoms with Crippen molar-refractivity contribution in [1.82, 2.24) is 0 Å². The molecule has 19 heavy (non-hydrogen) atoms. The summed E-state index contributed by atoms with van der Waals surface area (Å²) in [6.45, 7) is 3.06. The van der Waals surface area contributed by atoms with E-state index in [2.05, 4.69) is 22.9 Å². The maximum Gasteiger partial charge on any atom is 0.191 e. The highest BCUT2D eigenvalue weighted by molar-refractivity contribution is 9.09. The summed E-state index contributed by atoms with van der Waals surface area (Å²) in [6.07, 6.45) is 1.59. The Labute approximate surface area is 121 Å². The molecule has 0 aromatic heterocycles. The first kappa shape index (κ1) is 14.2. The van der Waals surface area contributed by atoms with E-state index >= 15 is 0 Å². The highest BCUT2D eigenvalue weighted by Gasteiger charge is 2.26. The van der Waals surface area contributed by atoms with E-state index in [0.717, 1.165) is 18.6 Å². The van der Waals surface area contributed by atoms with Crippen LogP contribution in [0.4, 0.5) is 0 Å². The fourth-order valence-corrected chi connectivity index (χ4v) is 2.08. The molecule has 0 N–H and O–H groups in total. The molecule has 2 rings (SSSR count). The third-order valence-electron chi connectivity index (χ3n) is 2.83. The number of carbonyl (C=O) groups is 1. The van der Waals surface area contributed by atoms with Gasteiger partial charge in [-0.3, -0.25) is 4.79 Å². The van der Waals surface area contributed by atoms with Crippen LogP contribution in [-0.2, 0) is 4.79 Å². The molecule has 0 saturated carbocycles. The molecule has 1 heterocycles. The molecule has 1 aromatic carbocycles. The number of halogens is 1. The lowest BCUT2D eigenvalue weighted by atomic mass is 10.2. The SMILES string of the molecule is CCCCOc1ccc2c(c1)OCC(C(=O)CBr)O2. The first-order valence-electron chi connectivity index (χ1n) is 6.39. The van der Waals surface area contributed by atoms with Crippen molar-refractivity contribution in [2.24, 2.45) is 0 Å². The van der Waals surface area contributed by atoms with Gasteiger partial charge in [0.2, 0.25) is 0 Å². The lowest BCUT2D eigenvalue weighted by Gasteiger charge is -2.25. The molecule has 0 amide bonds. The number of hydrogen-bond acceptors (Lipinski definition) is 4. The Morgan fingerprint density at radius 1 is 1.47 bits per heavy atom. The first-order chi connectivity index (χ1) is 9.24. The summed E-state index contributed by atoms with van der Waals surface area (Å²) in [5.74, 6) is 1.97. The predicted octanol–water partition coefficient (Wildman–Crippen LogP) is 2.97. The number of ether oxygens (including phenoxy) is 3. The maximum atomic E-state index is 11.5. The number of alkyl halides is 1. The molecule has 4 nitrogen and oxygen atoms in total. The molecule has 0 bridgehead atoms. The summed E-state index contributed by atoms with van der Waals surface area (Å²) in [5, 5.41) is 0.272. The van der Waals surface area contributed by atoms with Gasteiger partial charge in [0.1, 0.15) is 12.4 Å². The van der Waals surface area contributed by atoms with Crippen LogP contribution in [0.1, 0.15) is 19.8 Å². The van der Waals surface area contributed by atoms with E-state index in [1.165, 1.54) is 0 Å².